The Labute approximate surface area is 146 Å². The average molecular weight is 337 g/mol. The molecule has 0 atom stereocenters. The molecule has 2 amide bonds. The van der Waals surface area contributed by atoms with E-state index in [2.05, 4.69) is 22.4 Å². The molecule has 0 radical (unpaired) electrons. The molecule has 6 heteroatoms. The van der Waals surface area contributed by atoms with Gasteiger partial charge in [-0.1, -0.05) is 30.4 Å². The summed E-state index contributed by atoms with van der Waals surface area (Å²) in [6.07, 6.45) is 3.10. The van der Waals surface area contributed by atoms with E-state index in [0.717, 1.165) is 11.1 Å². The van der Waals surface area contributed by atoms with Crippen LogP contribution in [0.25, 0.3) is 0 Å². The van der Waals surface area contributed by atoms with Gasteiger partial charge in [-0.15, -0.1) is 0 Å². The van der Waals surface area contributed by atoms with E-state index in [1.54, 1.807) is 42.5 Å². The Morgan fingerprint density at radius 1 is 1.08 bits per heavy atom. The van der Waals surface area contributed by atoms with Gasteiger partial charge in [-0.3, -0.25) is 9.59 Å². The van der Waals surface area contributed by atoms with E-state index in [4.69, 9.17) is 4.74 Å². The molecule has 0 spiro atoms. The van der Waals surface area contributed by atoms with Crippen LogP contribution >= 0.6 is 0 Å². The number of carbonyl (C=O) groups is 2. The summed E-state index contributed by atoms with van der Waals surface area (Å²) in [5, 5.41) is 6.26. The number of hydrazone groups is 1. The Kier molecular flexibility index (Phi) is 6.47. The lowest BCUT2D eigenvalue weighted by molar-refractivity contribution is -0.136. The molecule has 0 saturated carbocycles. The van der Waals surface area contributed by atoms with Crippen LogP contribution in [0, 0.1) is 6.92 Å². The summed E-state index contributed by atoms with van der Waals surface area (Å²) >= 11 is 0. The third-order valence-corrected chi connectivity index (χ3v) is 3.14. The van der Waals surface area contributed by atoms with Crippen LogP contribution in [0.1, 0.15) is 11.1 Å². The summed E-state index contributed by atoms with van der Waals surface area (Å²) in [5.74, 6) is -0.921. The van der Waals surface area contributed by atoms with Crippen LogP contribution in [0.2, 0.25) is 0 Å². The van der Waals surface area contributed by atoms with Gasteiger partial charge >= 0.3 is 11.8 Å². The highest BCUT2D eigenvalue weighted by Crippen LogP contribution is 2.11. The number of carbonyl (C=O) groups excluding carboxylic acids is 2. The van der Waals surface area contributed by atoms with Crippen molar-refractivity contribution in [3.8, 4) is 5.75 Å². The molecule has 0 aromatic heterocycles. The average Bonchev–Trinajstić information content (AvgIpc) is 2.62. The molecule has 0 aliphatic carbocycles. The lowest BCUT2D eigenvalue weighted by Gasteiger charge is -2.04. The van der Waals surface area contributed by atoms with Gasteiger partial charge in [-0.05, 0) is 48.9 Å². The largest absolute Gasteiger partial charge is 0.490 e. The molecule has 2 N–H and O–H groups in total. The van der Waals surface area contributed by atoms with Crippen molar-refractivity contribution >= 4 is 23.7 Å². The molecule has 0 aliphatic heterocycles. The topological polar surface area (TPSA) is 79.8 Å². The molecule has 2 aromatic rings. The van der Waals surface area contributed by atoms with Gasteiger partial charge in [0.05, 0.1) is 6.21 Å². The first-order valence-electron chi connectivity index (χ1n) is 7.63. The molecule has 25 heavy (non-hydrogen) atoms. The highest BCUT2D eigenvalue weighted by atomic mass is 16.5. The first-order valence-corrected chi connectivity index (χ1v) is 7.63. The van der Waals surface area contributed by atoms with Crippen molar-refractivity contribution in [1.82, 2.24) is 5.43 Å². The fraction of sp³-hybridized carbons (Fsp3) is 0.105. The van der Waals surface area contributed by atoms with E-state index in [1.807, 2.05) is 19.1 Å². The second kappa shape index (κ2) is 9.02. The molecule has 0 aliphatic rings. The van der Waals surface area contributed by atoms with Gasteiger partial charge < -0.3 is 10.1 Å². The maximum absolute atomic E-state index is 11.8. The van der Waals surface area contributed by atoms with E-state index in [9.17, 15) is 9.59 Å². The number of ether oxygens (including phenoxy) is 1. The molecule has 0 unspecified atom stereocenters. The van der Waals surface area contributed by atoms with Gasteiger partial charge in [0, 0.05) is 5.69 Å². The first kappa shape index (κ1) is 17.9. The number of benzene rings is 2. The van der Waals surface area contributed by atoms with Crippen LogP contribution in [0.5, 0.6) is 5.75 Å². The maximum Gasteiger partial charge on any atom is 0.329 e. The van der Waals surface area contributed by atoms with Crippen LogP contribution in [0.4, 0.5) is 5.69 Å². The third kappa shape index (κ3) is 5.95. The summed E-state index contributed by atoms with van der Waals surface area (Å²) in [5.41, 5.74) is 4.55. The van der Waals surface area contributed by atoms with Gasteiger partial charge in [0.2, 0.25) is 0 Å². The number of hydrogen-bond acceptors (Lipinski definition) is 4. The van der Waals surface area contributed by atoms with Gasteiger partial charge in [0.1, 0.15) is 12.4 Å². The number of rotatable bonds is 6. The summed E-state index contributed by atoms with van der Waals surface area (Å²) in [6, 6.07) is 14.2. The van der Waals surface area contributed by atoms with Gasteiger partial charge in [-0.25, -0.2) is 5.43 Å². The third-order valence-electron chi connectivity index (χ3n) is 3.14. The Morgan fingerprint density at radius 3 is 2.40 bits per heavy atom. The Balaban J connectivity index is 1.83. The van der Waals surface area contributed by atoms with Crippen molar-refractivity contribution in [2.75, 3.05) is 11.9 Å². The smallest absolute Gasteiger partial charge is 0.329 e. The lowest BCUT2D eigenvalue weighted by Crippen LogP contribution is -2.32. The Bertz CT molecular complexity index is 766. The SMILES string of the molecule is C=CCOc1ccc(C=NNC(=O)C(=O)Nc2ccc(C)cc2)cc1. The maximum atomic E-state index is 11.8. The number of nitrogens with zero attached hydrogens (tertiary/aromatic N) is 1. The number of nitrogens with one attached hydrogen (secondary N) is 2. The normalized spacial score (nSPS) is 10.3. The summed E-state index contributed by atoms with van der Waals surface area (Å²) in [6.45, 7) is 5.94. The summed E-state index contributed by atoms with van der Waals surface area (Å²) < 4.78 is 5.36. The van der Waals surface area contributed by atoms with Crippen molar-refractivity contribution < 1.29 is 14.3 Å². The van der Waals surface area contributed by atoms with Crippen LogP contribution in [0.3, 0.4) is 0 Å². The van der Waals surface area contributed by atoms with E-state index in [1.165, 1.54) is 6.21 Å². The highest BCUT2D eigenvalue weighted by molar-refractivity contribution is 6.39. The fourth-order valence-electron chi connectivity index (χ4n) is 1.85. The first-order chi connectivity index (χ1) is 12.1. The zero-order valence-corrected chi connectivity index (χ0v) is 13.9. The molecule has 128 valence electrons. The number of aryl methyl sites for hydroxylation is 1. The quantitative estimate of drug-likeness (QED) is 0.368. The molecule has 0 saturated heterocycles. The molecular weight excluding hydrogens is 318 g/mol. The van der Waals surface area contributed by atoms with E-state index < -0.39 is 11.8 Å². The minimum absolute atomic E-state index is 0.430. The summed E-state index contributed by atoms with van der Waals surface area (Å²) in [4.78, 5) is 23.5. The van der Waals surface area contributed by atoms with Crippen molar-refractivity contribution in [1.29, 1.82) is 0 Å². The zero-order valence-electron chi connectivity index (χ0n) is 13.9. The van der Waals surface area contributed by atoms with Crippen molar-refractivity contribution in [3.63, 3.8) is 0 Å². The van der Waals surface area contributed by atoms with Crippen molar-refractivity contribution in [2.24, 2.45) is 5.10 Å². The van der Waals surface area contributed by atoms with Crippen LogP contribution in [-0.4, -0.2) is 24.6 Å². The molecule has 0 fully saturated rings. The minimum atomic E-state index is -0.845. The van der Waals surface area contributed by atoms with Crippen LogP contribution < -0.4 is 15.5 Å². The van der Waals surface area contributed by atoms with E-state index >= 15 is 0 Å². The predicted molar refractivity (Wildman–Crippen MR) is 97.7 cm³/mol. The monoisotopic (exact) mass is 337 g/mol. The predicted octanol–water partition coefficient (Wildman–Crippen LogP) is 2.65. The molecule has 0 bridgehead atoms. The zero-order chi connectivity index (χ0) is 18.1. The van der Waals surface area contributed by atoms with Crippen molar-refractivity contribution in [2.45, 2.75) is 6.92 Å². The second-order valence-electron chi connectivity index (χ2n) is 5.19. The van der Waals surface area contributed by atoms with Crippen LogP contribution in [0.15, 0.2) is 66.3 Å². The molecule has 2 rings (SSSR count). The van der Waals surface area contributed by atoms with E-state index in [-0.39, 0.29) is 0 Å². The molecule has 6 nitrogen and oxygen atoms in total. The second-order valence-corrected chi connectivity index (χ2v) is 5.19. The number of amides is 2. The van der Waals surface area contributed by atoms with Crippen molar-refractivity contribution in [3.05, 3.63) is 72.3 Å². The minimum Gasteiger partial charge on any atom is -0.490 e. The van der Waals surface area contributed by atoms with Gasteiger partial charge in [0.15, 0.2) is 0 Å². The Hall–Kier alpha value is -3.41. The van der Waals surface area contributed by atoms with E-state index in [0.29, 0.717) is 18.0 Å². The van der Waals surface area contributed by atoms with Gasteiger partial charge in [0.25, 0.3) is 0 Å². The fourth-order valence-corrected chi connectivity index (χ4v) is 1.85. The van der Waals surface area contributed by atoms with Crippen LogP contribution in [-0.2, 0) is 9.59 Å². The molecule has 2 aromatic carbocycles. The molecular formula is C19H19N3O3. The number of hydrogen-bond donors (Lipinski definition) is 2. The van der Waals surface area contributed by atoms with Gasteiger partial charge in [-0.2, -0.15) is 5.10 Å². The standard InChI is InChI=1S/C19H19N3O3/c1-3-12-25-17-10-6-15(7-11-17)13-20-22-19(24)18(23)21-16-8-4-14(2)5-9-16/h3-11,13H,1,12H2,2H3,(H,21,23)(H,22,24). The summed E-state index contributed by atoms with van der Waals surface area (Å²) in [7, 11) is 0. The number of anilines is 1. The molecule has 0 heterocycles. The highest BCUT2D eigenvalue weighted by Gasteiger charge is 2.12. The Morgan fingerprint density at radius 2 is 1.76 bits per heavy atom. The lowest BCUT2D eigenvalue weighted by atomic mass is 10.2.